The molecule has 2 aromatic carbocycles. The van der Waals surface area contributed by atoms with Crippen molar-refractivity contribution >= 4 is 24.2 Å². The van der Waals surface area contributed by atoms with Crippen molar-refractivity contribution in [2.75, 3.05) is 0 Å². The average Bonchev–Trinajstić information content (AvgIpc) is 3.23. The molecule has 0 amide bonds. The summed E-state index contributed by atoms with van der Waals surface area (Å²) in [6.07, 6.45) is 28.9. The normalized spacial score (nSPS) is 13.4. The van der Waals surface area contributed by atoms with Gasteiger partial charge in [0.1, 0.15) is 0 Å². The van der Waals surface area contributed by atoms with Crippen molar-refractivity contribution in [2.24, 2.45) is 0 Å². The summed E-state index contributed by atoms with van der Waals surface area (Å²) in [5, 5.41) is 20.9. The van der Waals surface area contributed by atoms with Crippen molar-refractivity contribution in [1.82, 2.24) is 0 Å². The first-order chi connectivity index (χ1) is 20.0. The minimum absolute atomic E-state index is 0.0965. The van der Waals surface area contributed by atoms with Gasteiger partial charge in [-0.2, -0.15) is 0 Å². The van der Waals surface area contributed by atoms with Gasteiger partial charge in [0.2, 0.25) is 0 Å². The lowest BCUT2D eigenvalue weighted by atomic mass is 9.68. The highest BCUT2D eigenvalue weighted by Crippen LogP contribution is 2.54. The largest absolute Gasteiger partial charge is 0.488 e. The fourth-order valence-corrected chi connectivity index (χ4v) is 7.31. The second kappa shape index (κ2) is 19.1. The molecule has 3 rings (SSSR count). The van der Waals surface area contributed by atoms with Crippen LogP contribution in [-0.2, 0) is 5.41 Å². The summed E-state index contributed by atoms with van der Waals surface area (Å²) in [6, 6.07) is 12.5. The van der Waals surface area contributed by atoms with Crippen molar-refractivity contribution in [3.63, 3.8) is 0 Å². The van der Waals surface area contributed by atoms with Crippen LogP contribution >= 0.6 is 11.6 Å². The van der Waals surface area contributed by atoms with Crippen molar-refractivity contribution in [1.29, 1.82) is 0 Å². The summed E-state index contributed by atoms with van der Waals surface area (Å²) in [5.74, 6) is 0. The third-order valence-corrected chi connectivity index (χ3v) is 9.79. The van der Waals surface area contributed by atoms with Crippen LogP contribution in [0, 0.1) is 0 Å². The van der Waals surface area contributed by atoms with Crippen LogP contribution in [0.25, 0.3) is 11.1 Å². The highest BCUT2D eigenvalue weighted by Gasteiger charge is 2.42. The number of hydrogen-bond donors (Lipinski definition) is 2. The summed E-state index contributed by atoms with van der Waals surface area (Å²) in [4.78, 5) is 0. The summed E-state index contributed by atoms with van der Waals surface area (Å²) in [7, 11) is -1.44. The van der Waals surface area contributed by atoms with Gasteiger partial charge in [-0.15, -0.1) is 0 Å². The molecule has 0 heterocycles. The van der Waals surface area contributed by atoms with E-state index in [0.29, 0.717) is 5.46 Å². The molecule has 0 saturated carbocycles. The molecule has 0 aliphatic heterocycles. The quantitative estimate of drug-likeness (QED) is 0.101. The monoisotopic (exact) mass is 580 g/mol. The number of hydrogen-bond acceptors (Lipinski definition) is 2. The second-order valence-electron chi connectivity index (χ2n) is 12.8. The Kier molecular flexibility index (Phi) is 15.9. The molecular weight excluding hydrogens is 523 g/mol. The number of rotatable bonds is 23. The van der Waals surface area contributed by atoms with Crippen LogP contribution < -0.4 is 5.46 Å². The van der Waals surface area contributed by atoms with Crippen molar-refractivity contribution < 1.29 is 10.0 Å². The highest BCUT2D eigenvalue weighted by atomic mass is 35.5. The maximum absolute atomic E-state index is 10.0. The Morgan fingerprint density at radius 1 is 0.537 bits per heavy atom. The number of benzene rings is 2. The van der Waals surface area contributed by atoms with Gasteiger partial charge in [-0.1, -0.05) is 178 Å². The second-order valence-corrected chi connectivity index (χ2v) is 13.3. The van der Waals surface area contributed by atoms with Crippen molar-refractivity contribution in [3.8, 4) is 11.1 Å². The van der Waals surface area contributed by atoms with E-state index >= 15 is 0 Å². The lowest BCUT2D eigenvalue weighted by molar-refractivity contribution is 0.396. The van der Waals surface area contributed by atoms with Gasteiger partial charge in [-0.05, 0) is 52.7 Å². The number of halogens is 1. The molecule has 41 heavy (non-hydrogen) atoms. The van der Waals surface area contributed by atoms with Gasteiger partial charge in [-0.3, -0.25) is 0 Å². The molecule has 1 aliphatic carbocycles. The first kappa shape index (κ1) is 34.2. The Labute approximate surface area is 257 Å². The molecule has 0 radical (unpaired) electrons. The van der Waals surface area contributed by atoms with E-state index in [1.54, 1.807) is 0 Å². The van der Waals surface area contributed by atoms with Gasteiger partial charge in [0, 0.05) is 10.4 Å². The van der Waals surface area contributed by atoms with Crippen LogP contribution in [0.4, 0.5) is 0 Å². The van der Waals surface area contributed by atoms with E-state index < -0.39 is 7.12 Å². The number of unbranched alkanes of at least 4 members (excludes halogenated alkanes) is 18. The Bertz CT molecular complexity index is 980. The van der Waals surface area contributed by atoms with Crippen LogP contribution in [0.15, 0.2) is 36.4 Å². The lowest BCUT2D eigenvalue weighted by Crippen LogP contribution is -2.32. The summed E-state index contributed by atoms with van der Waals surface area (Å²) in [6.45, 7) is 4.57. The summed E-state index contributed by atoms with van der Waals surface area (Å²) >= 11 is 6.62. The minimum atomic E-state index is -1.44. The predicted molar refractivity (Wildman–Crippen MR) is 180 cm³/mol. The molecule has 4 heteroatoms. The topological polar surface area (TPSA) is 40.5 Å². The zero-order chi connectivity index (χ0) is 29.3. The SMILES string of the molecule is CCCCCCCCCCCCC1(CCCCCCCCCCCC)c2cc(Cl)ccc2-c2ccc(B(O)O)cc21. The molecular formula is C37H58BClO2. The Morgan fingerprint density at radius 2 is 0.927 bits per heavy atom. The molecule has 0 unspecified atom stereocenters. The van der Waals surface area contributed by atoms with Crippen LogP contribution in [0.2, 0.25) is 5.02 Å². The fourth-order valence-electron chi connectivity index (χ4n) is 7.14. The number of fused-ring (bicyclic) bond motifs is 3. The summed E-state index contributed by atoms with van der Waals surface area (Å²) in [5.41, 5.74) is 5.67. The van der Waals surface area contributed by atoms with Gasteiger partial charge in [0.05, 0.1) is 0 Å². The molecule has 2 nitrogen and oxygen atoms in total. The molecule has 0 spiro atoms. The Morgan fingerprint density at radius 3 is 1.37 bits per heavy atom. The third-order valence-electron chi connectivity index (χ3n) is 9.56. The molecule has 0 fully saturated rings. The molecule has 0 aromatic heterocycles. The van der Waals surface area contributed by atoms with E-state index in [1.807, 2.05) is 12.1 Å². The zero-order valence-corrected chi connectivity index (χ0v) is 27.1. The van der Waals surface area contributed by atoms with Gasteiger partial charge in [0.25, 0.3) is 0 Å². The van der Waals surface area contributed by atoms with Gasteiger partial charge < -0.3 is 10.0 Å². The zero-order valence-electron chi connectivity index (χ0n) is 26.4. The Hall–Kier alpha value is -1.29. The third kappa shape index (κ3) is 10.4. The molecule has 1 aliphatic rings. The molecule has 2 aromatic rings. The molecule has 0 saturated heterocycles. The van der Waals surface area contributed by atoms with Gasteiger partial charge in [0.15, 0.2) is 0 Å². The summed E-state index contributed by atoms with van der Waals surface area (Å²) < 4.78 is 0. The maximum Gasteiger partial charge on any atom is 0.488 e. The van der Waals surface area contributed by atoms with Crippen LogP contribution in [0.1, 0.15) is 166 Å². The fraction of sp³-hybridized carbons (Fsp3) is 0.676. The Balaban J connectivity index is 1.65. The van der Waals surface area contributed by atoms with Gasteiger partial charge >= 0.3 is 7.12 Å². The van der Waals surface area contributed by atoms with Crippen LogP contribution in [0.5, 0.6) is 0 Å². The molecule has 228 valence electrons. The smallest absolute Gasteiger partial charge is 0.423 e. The van der Waals surface area contributed by atoms with E-state index in [2.05, 4.69) is 38.1 Å². The van der Waals surface area contributed by atoms with Gasteiger partial charge in [-0.25, -0.2) is 0 Å². The van der Waals surface area contributed by atoms with E-state index in [9.17, 15) is 10.0 Å². The van der Waals surface area contributed by atoms with Crippen molar-refractivity contribution in [3.05, 3.63) is 52.5 Å². The predicted octanol–water partition coefficient (Wildman–Crippen LogP) is 10.9. The molecule has 2 N–H and O–H groups in total. The van der Waals surface area contributed by atoms with E-state index in [4.69, 9.17) is 11.6 Å². The van der Waals surface area contributed by atoms with Crippen LogP contribution in [-0.4, -0.2) is 17.2 Å². The average molecular weight is 581 g/mol. The first-order valence-corrected chi connectivity index (χ1v) is 17.7. The molecule has 0 bridgehead atoms. The van der Waals surface area contributed by atoms with E-state index in [-0.39, 0.29) is 5.41 Å². The van der Waals surface area contributed by atoms with E-state index in [0.717, 1.165) is 17.9 Å². The lowest BCUT2D eigenvalue weighted by Gasteiger charge is -2.33. The van der Waals surface area contributed by atoms with Crippen LogP contribution in [0.3, 0.4) is 0 Å². The minimum Gasteiger partial charge on any atom is -0.423 e. The molecule has 0 atom stereocenters. The van der Waals surface area contributed by atoms with E-state index in [1.165, 1.54) is 151 Å². The first-order valence-electron chi connectivity index (χ1n) is 17.3. The standard InChI is InChI=1S/C37H58BClO2/c1-3-5-7-9-11-13-15-17-19-21-27-37(28-22-20-18-16-14-12-10-8-6-4-2)35-29-31(38(40)41)23-25-33(35)34-26-24-32(39)30-36(34)37/h23-26,29-30,40-41H,3-22,27-28H2,1-2H3. The highest BCUT2D eigenvalue weighted by molar-refractivity contribution is 6.58. The maximum atomic E-state index is 10.0. The van der Waals surface area contributed by atoms with Crippen molar-refractivity contribution in [2.45, 2.75) is 161 Å².